The highest BCUT2D eigenvalue weighted by Crippen LogP contribution is 2.32. The van der Waals surface area contributed by atoms with Crippen LogP contribution in [0.4, 0.5) is 11.4 Å². The molecular weight excluding hydrogens is 436 g/mol. The van der Waals surface area contributed by atoms with Crippen LogP contribution < -0.4 is 19.5 Å². The van der Waals surface area contributed by atoms with Crippen LogP contribution in [0.1, 0.15) is 17.7 Å². The van der Waals surface area contributed by atoms with Gasteiger partial charge in [-0.3, -0.25) is 9.52 Å². The SMILES string of the molecule is O=C(CCc1cccs1)Nc1ccc(NS(=O)(=O)c2ccc3c(c2)OCCCO3)cc1. The lowest BCUT2D eigenvalue weighted by Gasteiger charge is -2.12. The molecule has 0 radical (unpaired) electrons. The minimum absolute atomic E-state index is 0.0858. The van der Waals surface area contributed by atoms with Crippen LogP contribution in [-0.4, -0.2) is 27.5 Å². The Balaban J connectivity index is 1.37. The maximum Gasteiger partial charge on any atom is 0.262 e. The molecule has 0 unspecified atom stereocenters. The fraction of sp³-hybridized carbons (Fsp3) is 0.227. The van der Waals surface area contributed by atoms with Gasteiger partial charge in [0.2, 0.25) is 5.91 Å². The van der Waals surface area contributed by atoms with Gasteiger partial charge in [0.05, 0.1) is 18.1 Å². The molecule has 0 spiro atoms. The van der Waals surface area contributed by atoms with Crippen LogP contribution in [0.2, 0.25) is 0 Å². The molecule has 0 saturated carbocycles. The summed E-state index contributed by atoms with van der Waals surface area (Å²) in [7, 11) is -3.80. The largest absolute Gasteiger partial charge is 0.490 e. The van der Waals surface area contributed by atoms with E-state index >= 15 is 0 Å². The smallest absolute Gasteiger partial charge is 0.262 e. The molecular formula is C22H22N2O5S2. The number of anilines is 2. The molecule has 0 aliphatic carbocycles. The Morgan fingerprint density at radius 1 is 0.968 bits per heavy atom. The van der Waals surface area contributed by atoms with E-state index < -0.39 is 10.0 Å². The summed E-state index contributed by atoms with van der Waals surface area (Å²) >= 11 is 1.63. The maximum atomic E-state index is 12.8. The van der Waals surface area contributed by atoms with Crippen molar-refractivity contribution in [2.24, 2.45) is 0 Å². The molecule has 1 amide bonds. The van der Waals surface area contributed by atoms with Crippen LogP contribution in [0.15, 0.2) is 64.9 Å². The van der Waals surface area contributed by atoms with Gasteiger partial charge in [-0.2, -0.15) is 0 Å². The van der Waals surface area contributed by atoms with E-state index in [1.54, 1.807) is 41.7 Å². The Kier molecular flexibility index (Phi) is 6.43. The van der Waals surface area contributed by atoms with Gasteiger partial charge in [-0.25, -0.2) is 8.42 Å². The molecule has 0 atom stereocenters. The van der Waals surface area contributed by atoms with Gasteiger partial charge in [-0.05, 0) is 54.3 Å². The fourth-order valence-electron chi connectivity index (χ4n) is 3.06. The van der Waals surface area contributed by atoms with Crippen molar-refractivity contribution in [3.8, 4) is 11.5 Å². The van der Waals surface area contributed by atoms with E-state index in [9.17, 15) is 13.2 Å². The first kappa shape index (κ1) is 21.2. The molecule has 2 N–H and O–H groups in total. The van der Waals surface area contributed by atoms with Gasteiger partial charge < -0.3 is 14.8 Å². The standard InChI is InChI=1S/C22H22N2O5S2/c25-22(11-8-18-3-1-14-30-18)23-16-4-6-17(7-5-16)24-31(26,27)19-9-10-20-21(15-19)29-13-2-12-28-20/h1,3-7,9-10,14-15,24H,2,8,11-13H2,(H,23,25). The van der Waals surface area contributed by atoms with Crippen LogP contribution >= 0.6 is 11.3 Å². The fourth-order valence-corrected chi connectivity index (χ4v) is 4.84. The van der Waals surface area contributed by atoms with Crippen LogP contribution in [0.25, 0.3) is 0 Å². The molecule has 1 aliphatic heterocycles. The van der Waals surface area contributed by atoms with E-state index in [2.05, 4.69) is 10.0 Å². The van der Waals surface area contributed by atoms with Gasteiger partial charge in [-0.1, -0.05) is 6.07 Å². The molecule has 9 heteroatoms. The molecule has 31 heavy (non-hydrogen) atoms. The predicted octanol–water partition coefficient (Wildman–Crippen LogP) is 4.28. The zero-order valence-electron chi connectivity index (χ0n) is 16.7. The second kappa shape index (κ2) is 9.40. The summed E-state index contributed by atoms with van der Waals surface area (Å²) in [6.45, 7) is 1.01. The molecule has 3 aromatic rings. The molecule has 1 aliphatic rings. The Hall–Kier alpha value is -3.04. The molecule has 0 bridgehead atoms. The third-order valence-corrected chi connectivity index (χ3v) is 6.94. The third kappa shape index (κ3) is 5.56. The van der Waals surface area contributed by atoms with Gasteiger partial charge in [0, 0.05) is 35.2 Å². The molecule has 2 aromatic carbocycles. The van der Waals surface area contributed by atoms with E-state index in [0.29, 0.717) is 48.9 Å². The molecule has 2 heterocycles. The number of rotatable bonds is 7. The van der Waals surface area contributed by atoms with Crippen molar-refractivity contribution in [2.45, 2.75) is 24.2 Å². The number of nitrogens with one attached hydrogen (secondary N) is 2. The van der Waals surface area contributed by atoms with Gasteiger partial charge in [-0.15, -0.1) is 11.3 Å². The summed E-state index contributed by atoms with van der Waals surface area (Å²) in [5.74, 6) is 0.866. The monoisotopic (exact) mass is 458 g/mol. The number of amides is 1. The van der Waals surface area contributed by atoms with Crippen molar-refractivity contribution >= 4 is 38.6 Å². The quantitative estimate of drug-likeness (QED) is 0.551. The van der Waals surface area contributed by atoms with E-state index in [1.807, 2.05) is 17.5 Å². The molecule has 1 aromatic heterocycles. The van der Waals surface area contributed by atoms with E-state index in [4.69, 9.17) is 9.47 Å². The average Bonchev–Trinajstić information content (AvgIpc) is 3.17. The van der Waals surface area contributed by atoms with Crippen molar-refractivity contribution in [3.63, 3.8) is 0 Å². The van der Waals surface area contributed by atoms with E-state index in [-0.39, 0.29) is 10.8 Å². The van der Waals surface area contributed by atoms with Crippen molar-refractivity contribution in [3.05, 3.63) is 64.9 Å². The second-order valence-corrected chi connectivity index (χ2v) is 9.68. The van der Waals surface area contributed by atoms with Gasteiger partial charge in [0.1, 0.15) is 0 Å². The Morgan fingerprint density at radius 3 is 2.45 bits per heavy atom. The summed E-state index contributed by atoms with van der Waals surface area (Å²) in [5, 5.41) is 4.81. The molecule has 7 nitrogen and oxygen atoms in total. The molecule has 162 valence electrons. The number of benzene rings is 2. The number of fused-ring (bicyclic) bond motifs is 1. The topological polar surface area (TPSA) is 93.7 Å². The van der Waals surface area contributed by atoms with Crippen LogP contribution in [-0.2, 0) is 21.2 Å². The normalized spacial score (nSPS) is 13.3. The maximum absolute atomic E-state index is 12.8. The minimum Gasteiger partial charge on any atom is -0.490 e. The van der Waals surface area contributed by atoms with Gasteiger partial charge >= 0.3 is 0 Å². The number of hydrogen-bond acceptors (Lipinski definition) is 6. The van der Waals surface area contributed by atoms with Gasteiger partial charge in [0.15, 0.2) is 11.5 Å². The lowest BCUT2D eigenvalue weighted by Crippen LogP contribution is -2.14. The molecule has 0 saturated heterocycles. The summed E-state index contributed by atoms with van der Waals surface area (Å²) in [6, 6.07) is 15.0. The van der Waals surface area contributed by atoms with Crippen molar-refractivity contribution in [1.82, 2.24) is 0 Å². The first-order valence-electron chi connectivity index (χ1n) is 9.84. The van der Waals surface area contributed by atoms with Crippen LogP contribution in [0.5, 0.6) is 11.5 Å². The molecule has 0 fully saturated rings. The number of hydrogen-bond donors (Lipinski definition) is 2. The first-order chi connectivity index (χ1) is 15.0. The second-order valence-electron chi connectivity index (χ2n) is 6.97. The highest BCUT2D eigenvalue weighted by molar-refractivity contribution is 7.92. The number of sulfonamides is 1. The Bertz CT molecular complexity index is 1140. The summed E-state index contributed by atoms with van der Waals surface area (Å²) < 4.78 is 39.2. The summed E-state index contributed by atoms with van der Waals surface area (Å²) in [6.07, 6.45) is 1.82. The number of aryl methyl sites for hydroxylation is 1. The minimum atomic E-state index is -3.80. The number of thiophene rings is 1. The lowest BCUT2D eigenvalue weighted by molar-refractivity contribution is -0.116. The number of ether oxygens (including phenoxy) is 2. The number of carbonyl (C=O) groups is 1. The van der Waals surface area contributed by atoms with Crippen LogP contribution in [0, 0.1) is 0 Å². The summed E-state index contributed by atoms with van der Waals surface area (Å²) in [4.78, 5) is 13.4. The highest BCUT2D eigenvalue weighted by Gasteiger charge is 2.19. The van der Waals surface area contributed by atoms with Gasteiger partial charge in [0.25, 0.3) is 10.0 Å². The molecule has 4 rings (SSSR count). The van der Waals surface area contributed by atoms with Crippen molar-refractivity contribution < 1.29 is 22.7 Å². The Morgan fingerprint density at radius 2 is 1.71 bits per heavy atom. The predicted molar refractivity (Wildman–Crippen MR) is 121 cm³/mol. The van der Waals surface area contributed by atoms with Crippen molar-refractivity contribution in [1.29, 1.82) is 0 Å². The van der Waals surface area contributed by atoms with E-state index in [0.717, 1.165) is 11.3 Å². The Labute approximate surface area is 185 Å². The lowest BCUT2D eigenvalue weighted by atomic mass is 10.2. The number of carbonyl (C=O) groups excluding carboxylic acids is 1. The summed E-state index contributed by atoms with van der Waals surface area (Å²) in [5.41, 5.74) is 0.999. The zero-order valence-corrected chi connectivity index (χ0v) is 18.3. The zero-order chi connectivity index (χ0) is 21.7. The third-order valence-electron chi connectivity index (χ3n) is 4.63. The van der Waals surface area contributed by atoms with Crippen molar-refractivity contribution in [2.75, 3.05) is 23.3 Å². The van der Waals surface area contributed by atoms with Crippen LogP contribution in [0.3, 0.4) is 0 Å². The van der Waals surface area contributed by atoms with E-state index in [1.165, 1.54) is 12.1 Å². The highest BCUT2D eigenvalue weighted by atomic mass is 32.2. The average molecular weight is 459 g/mol. The first-order valence-corrected chi connectivity index (χ1v) is 12.2.